The van der Waals surface area contributed by atoms with Crippen molar-refractivity contribution in [3.63, 3.8) is 0 Å². The van der Waals surface area contributed by atoms with Crippen molar-refractivity contribution in [1.82, 2.24) is 9.88 Å². The van der Waals surface area contributed by atoms with Crippen LogP contribution in [0.1, 0.15) is 29.9 Å². The monoisotopic (exact) mass is 406 g/mol. The maximum Gasteiger partial charge on any atom is 0.161 e. The maximum absolute atomic E-state index is 5.50. The summed E-state index contributed by atoms with van der Waals surface area (Å²) in [4.78, 5) is 6.22. The van der Waals surface area contributed by atoms with Gasteiger partial charge in [-0.2, -0.15) is 0 Å². The van der Waals surface area contributed by atoms with Gasteiger partial charge in [-0.1, -0.05) is 6.07 Å². The van der Waals surface area contributed by atoms with Crippen LogP contribution in [0.25, 0.3) is 22.2 Å². The summed E-state index contributed by atoms with van der Waals surface area (Å²) in [5.74, 6) is 2.14. The minimum Gasteiger partial charge on any atom is -0.493 e. The van der Waals surface area contributed by atoms with Crippen molar-refractivity contribution >= 4 is 10.9 Å². The maximum atomic E-state index is 5.50. The molecule has 0 unspecified atom stereocenters. The molecule has 2 saturated heterocycles. The van der Waals surface area contributed by atoms with Crippen molar-refractivity contribution in [3.05, 3.63) is 47.5 Å². The largest absolute Gasteiger partial charge is 0.493 e. The fourth-order valence-electron chi connectivity index (χ4n) is 4.91. The van der Waals surface area contributed by atoms with Crippen molar-refractivity contribution in [3.8, 4) is 22.8 Å². The molecule has 30 heavy (non-hydrogen) atoms. The predicted molar refractivity (Wildman–Crippen MR) is 120 cm³/mol. The molecule has 0 amide bonds. The SMILES string of the molecule is COc1ccc(-c2[nH]c3ccc(C4CCN(C5COC5)CC4)cc3c2C)cc1OC. The number of aromatic nitrogens is 1. The molecule has 5 rings (SSSR count). The summed E-state index contributed by atoms with van der Waals surface area (Å²) in [6, 6.07) is 13.7. The molecule has 0 radical (unpaired) electrons. The van der Waals surface area contributed by atoms with Gasteiger partial charge < -0.3 is 19.2 Å². The number of fused-ring (bicyclic) bond motifs is 1. The summed E-state index contributed by atoms with van der Waals surface area (Å²) in [6.07, 6.45) is 2.46. The first kappa shape index (κ1) is 19.5. The minimum absolute atomic E-state index is 0.644. The van der Waals surface area contributed by atoms with E-state index in [1.807, 2.05) is 12.1 Å². The zero-order valence-corrected chi connectivity index (χ0v) is 18.0. The van der Waals surface area contributed by atoms with E-state index in [0.717, 1.165) is 36.0 Å². The average molecular weight is 407 g/mol. The third-order valence-electron chi connectivity index (χ3n) is 6.89. The number of aromatic amines is 1. The van der Waals surface area contributed by atoms with Crippen LogP contribution >= 0.6 is 0 Å². The molecule has 0 bridgehead atoms. The highest BCUT2D eigenvalue weighted by Crippen LogP contribution is 2.37. The summed E-state index contributed by atoms with van der Waals surface area (Å²) in [6.45, 7) is 6.39. The molecule has 0 spiro atoms. The van der Waals surface area contributed by atoms with Gasteiger partial charge >= 0.3 is 0 Å². The number of nitrogens with zero attached hydrogens (tertiary/aromatic N) is 1. The van der Waals surface area contributed by atoms with Gasteiger partial charge in [0.25, 0.3) is 0 Å². The molecule has 2 aliphatic heterocycles. The van der Waals surface area contributed by atoms with Crippen LogP contribution in [-0.2, 0) is 4.74 Å². The fourth-order valence-corrected chi connectivity index (χ4v) is 4.91. The third-order valence-corrected chi connectivity index (χ3v) is 6.89. The molecule has 0 aliphatic carbocycles. The third kappa shape index (κ3) is 3.36. The van der Waals surface area contributed by atoms with E-state index in [1.54, 1.807) is 14.2 Å². The second kappa shape index (κ2) is 7.97. The van der Waals surface area contributed by atoms with E-state index in [0.29, 0.717) is 12.0 Å². The van der Waals surface area contributed by atoms with Crippen LogP contribution in [0.3, 0.4) is 0 Å². The Hall–Kier alpha value is -2.50. The van der Waals surface area contributed by atoms with Crippen LogP contribution in [0.2, 0.25) is 0 Å². The normalized spacial score (nSPS) is 18.5. The molecule has 0 atom stereocenters. The Morgan fingerprint density at radius 2 is 1.73 bits per heavy atom. The Kier molecular flexibility index (Phi) is 5.17. The number of likely N-dealkylation sites (tertiary alicyclic amines) is 1. The van der Waals surface area contributed by atoms with E-state index in [1.165, 1.54) is 48.0 Å². The van der Waals surface area contributed by atoms with Gasteiger partial charge in [-0.05, 0) is 80.2 Å². The van der Waals surface area contributed by atoms with E-state index >= 15 is 0 Å². The second-order valence-corrected chi connectivity index (χ2v) is 8.50. The van der Waals surface area contributed by atoms with Gasteiger partial charge in [-0.25, -0.2) is 0 Å². The smallest absolute Gasteiger partial charge is 0.161 e. The number of aryl methyl sites for hydroxylation is 1. The average Bonchev–Trinajstić information content (AvgIpc) is 3.08. The van der Waals surface area contributed by atoms with Gasteiger partial charge in [0.2, 0.25) is 0 Å². The van der Waals surface area contributed by atoms with Crippen molar-refractivity contribution in [2.75, 3.05) is 40.5 Å². The molecule has 2 fully saturated rings. The Bertz CT molecular complexity index is 1050. The number of piperidine rings is 1. The number of nitrogens with one attached hydrogen (secondary N) is 1. The van der Waals surface area contributed by atoms with Gasteiger partial charge in [0, 0.05) is 22.2 Å². The van der Waals surface area contributed by atoms with E-state index in [4.69, 9.17) is 14.2 Å². The Morgan fingerprint density at radius 1 is 0.967 bits per heavy atom. The molecule has 2 aliphatic rings. The highest BCUT2D eigenvalue weighted by molar-refractivity contribution is 5.91. The summed E-state index contributed by atoms with van der Waals surface area (Å²) < 4.78 is 16.3. The molecule has 5 nitrogen and oxygen atoms in total. The van der Waals surface area contributed by atoms with Gasteiger partial charge in [-0.15, -0.1) is 0 Å². The molecule has 158 valence electrons. The molecule has 5 heteroatoms. The van der Waals surface area contributed by atoms with Crippen LogP contribution in [0.5, 0.6) is 11.5 Å². The number of H-pyrrole nitrogens is 1. The minimum atomic E-state index is 0.644. The van der Waals surface area contributed by atoms with E-state index in [9.17, 15) is 0 Å². The Labute approximate surface area is 177 Å². The lowest BCUT2D eigenvalue weighted by atomic mass is 9.88. The molecular formula is C25H30N2O3. The fraction of sp³-hybridized carbons (Fsp3) is 0.440. The zero-order valence-electron chi connectivity index (χ0n) is 18.0. The molecule has 3 heterocycles. The van der Waals surface area contributed by atoms with Crippen molar-refractivity contribution < 1.29 is 14.2 Å². The van der Waals surface area contributed by atoms with Gasteiger partial charge in [-0.3, -0.25) is 4.90 Å². The standard InChI is InChI=1S/C25H30N2O3/c1-16-21-12-18(17-8-10-27(11-9-17)20-14-30-15-20)4-6-22(21)26-25(16)19-5-7-23(28-2)24(13-19)29-3/h4-7,12-13,17,20,26H,8-11,14-15H2,1-3H3. The number of methoxy groups -OCH3 is 2. The van der Waals surface area contributed by atoms with Crippen molar-refractivity contribution in [1.29, 1.82) is 0 Å². The van der Waals surface area contributed by atoms with Gasteiger partial charge in [0.05, 0.1) is 33.5 Å². The summed E-state index contributed by atoms with van der Waals surface area (Å²) in [5.41, 5.74) is 6.18. The predicted octanol–water partition coefficient (Wildman–Crippen LogP) is 4.74. The zero-order chi connectivity index (χ0) is 20.7. The van der Waals surface area contributed by atoms with E-state index in [-0.39, 0.29) is 0 Å². The van der Waals surface area contributed by atoms with E-state index < -0.39 is 0 Å². The van der Waals surface area contributed by atoms with Crippen LogP contribution in [0, 0.1) is 6.92 Å². The highest BCUT2D eigenvalue weighted by Gasteiger charge is 2.30. The first-order valence-electron chi connectivity index (χ1n) is 10.8. The van der Waals surface area contributed by atoms with Crippen molar-refractivity contribution in [2.45, 2.75) is 31.7 Å². The molecule has 1 aromatic heterocycles. The molecule has 3 aromatic rings. The summed E-state index contributed by atoms with van der Waals surface area (Å²) >= 11 is 0. The van der Waals surface area contributed by atoms with Crippen LogP contribution in [0.4, 0.5) is 0 Å². The topological polar surface area (TPSA) is 46.7 Å². The highest BCUT2D eigenvalue weighted by atomic mass is 16.5. The number of ether oxygens (including phenoxy) is 3. The number of benzene rings is 2. The summed E-state index contributed by atoms with van der Waals surface area (Å²) in [5, 5.41) is 1.31. The molecule has 2 aromatic carbocycles. The first-order valence-corrected chi connectivity index (χ1v) is 10.8. The Balaban J connectivity index is 1.41. The molecular weight excluding hydrogens is 376 g/mol. The first-order chi connectivity index (χ1) is 14.7. The van der Waals surface area contributed by atoms with Crippen LogP contribution < -0.4 is 9.47 Å². The van der Waals surface area contributed by atoms with Crippen LogP contribution in [0.15, 0.2) is 36.4 Å². The van der Waals surface area contributed by atoms with E-state index in [2.05, 4.69) is 41.1 Å². The Morgan fingerprint density at radius 3 is 2.40 bits per heavy atom. The van der Waals surface area contributed by atoms with Gasteiger partial charge in [0.1, 0.15) is 0 Å². The molecule has 0 saturated carbocycles. The number of hydrogen-bond donors (Lipinski definition) is 1. The lowest BCUT2D eigenvalue weighted by molar-refractivity contribution is -0.0712. The van der Waals surface area contributed by atoms with Gasteiger partial charge in [0.15, 0.2) is 11.5 Å². The number of hydrogen-bond acceptors (Lipinski definition) is 4. The quantitative estimate of drug-likeness (QED) is 0.665. The lowest BCUT2D eigenvalue weighted by Crippen LogP contribution is -2.51. The number of rotatable bonds is 5. The summed E-state index contributed by atoms with van der Waals surface area (Å²) in [7, 11) is 3.34. The second-order valence-electron chi connectivity index (χ2n) is 8.50. The lowest BCUT2D eigenvalue weighted by Gasteiger charge is -2.41. The molecule has 1 N–H and O–H groups in total. The van der Waals surface area contributed by atoms with Crippen LogP contribution in [-0.4, -0.2) is 56.4 Å². The van der Waals surface area contributed by atoms with Crippen molar-refractivity contribution in [2.24, 2.45) is 0 Å².